The van der Waals surface area contributed by atoms with Crippen molar-refractivity contribution < 1.29 is 24.1 Å². The minimum atomic E-state index is -0.429. The zero-order valence-corrected chi connectivity index (χ0v) is 24.7. The van der Waals surface area contributed by atoms with E-state index in [4.69, 9.17) is 0 Å². The quantitative estimate of drug-likeness (QED) is 0.351. The molecule has 3 aromatic carbocycles. The number of carbonyl (C=O) groups is 3. The molecular formula is C34H34N4O4. The SMILES string of the molecule is CCN(C)c1cc(NC(C)=O)c(C2=C([O-])/C(=C3C(NC(C)=O)=C/C(=[N+](/C)CC)c4ccccc4\3)C2=O)c2ccccc12. The number of hydrogen-bond donors (Lipinski definition) is 2. The number of allylic oxidation sites excluding steroid dienone is 4. The second kappa shape index (κ2) is 11.1. The van der Waals surface area contributed by atoms with Gasteiger partial charge in [-0.05, 0) is 36.9 Å². The Hall–Kier alpha value is -4.98. The van der Waals surface area contributed by atoms with Crippen molar-refractivity contribution in [3.8, 4) is 0 Å². The predicted octanol–water partition coefficient (Wildman–Crippen LogP) is 3.85. The number of nitrogens with zero attached hydrogens (tertiary/aromatic N) is 2. The van der Waals surface area contributed by atoms with Crippen molar-refractivity contribution in [2.45, 2.75) is 27.7 Å². The fraction of sp³-hybridized carbons (Fsp3) is 0.235. The highest BCUT2D eigenvalue weighted by Gasteiger charge is 2.38. The Morgan fingerprint density at radius 3 is 2.10 bits per heavy atom. The van der Waals surface area contributed by atoms with Crippen LogP contribution in [0.3, 0.4) is 0 Å². The standard InChI is InChI=1S/C34H34N4O4/c1-7-37(5)27-17-25(35-19(3)39)29(23-15-11-9-13-21(23)27)31-33(41)32(34(31)42)30-24-16-12-10-14-22(24)28(38(6)8-2)18-26(30)36-20(4)40/h9-18H,7-8H2,1-6H3,(H2,35,36,39,40,41,42). The Labute approximate surface area is 245 Å². The number of ketones is 1. The first kappa shape index (κ1) is 28.5. The predicted molar refractivity (Wildman–Crippen MR) is 165 cm³/mol. The van der Waals surface area contributed by atoms with E-state index >= 15 is 0 Å². The average Bonchev–Trinajstić information content (AvgIpc) is 2.97. The summed E-state index contributed by atoms with van der Waals surface area (Å²) in [7, 11) is 3.90. The van der Waals surface area contributed by atoms with Crippen LogP contribution in [0.5, 0.6) is 0 Å². The third-order valence-electron chi connectivity index (χ3n) is 7.85. The molecule has 2 N–H and O–H groups in total. The van der Waals surface area contributed by atoms with Gasteiger partial charge in [0, 0.05) is 66.9 Å². The second-order valence-corrected chi connectivity index (χ2v) is 10.5. The van der Waals surface area contributed by atoms with E-state index in [1.807, 2.05) is 98.1 Å². The number of benzene rings is 3. The molecule has 0 unspecified atom stereocenters. The van der Waals surface area contributed by atoms with Crippen molar-refractivity contribution in [1.29, 1.82) is 0 Å². The van der Waals surface area contributed by atoms with Crippen LogP contribution >= 0.6 is 0 Å². The van der Waals surface area contributed by atoms with Crippen LogP contribution in [0, 0.1) is 0 Å². The number of rotatable bonds is 6. The van der Waals surface area contributed by atoms with Gasteiger partial charge in [0.15, 0.2) is 5.78 Å². The van der Waals surface area contributed by atoms with Crippen LogP contribution in [0.4, 0.5) is 11.4 Å². The number of fused-ring (bicyclic) bond motifs is 2. The highest BCUT2D eigenvalue weighted by molar-refractivity contribution is 6.44. The van der Waals surface area contributed by atoms with Crippen molar-refractivity contribution in [3.63, 3.8) is 0 Å². The van der Waals surface area contributed by atoms with E-state index in [0.717, 1.165) is 35.4 Å². The monoisotopic (exact) mass is 562 g/mol. The highest BCUT2D eigenvalue weighted by atomic mass is 16.3. The molecule has 0 saturated heterocycles. The van der Waals surface area contributed by atoms with Gasteiger partial charge < -0.3 is 20.6 Å². The van der Waals surface area contributed by atoms with Gasteiger partial charge in [0.05, 0.1) is 16.9 Å². The third-order valence-corrected chi connectivity index (χ3v) is 7.85. The summed E-state index contributed by atoms with van der Waals surface area (Å²) in [5.74, 6) is -1.48. The van der Waals surface area contributed by atoms with Gasteiger partial charge in [-0.25, -0.2) is 4.58 Å². The van der Waals surface area contributed by atoms with Gasteiger partial charge in [0.1, 0.15) is 13.6 Å². The molecule has 0 heterocycles. The first-order valence-electron chi connectivity index (χ1n) is 14.0. The van der Waals surface area contributed by atoms with E-state index in [2.05, 4.69) is 10.6 Å². The van der Waals surface area contributed by atoms with Crippen molar-refractivity contribution in [2.75, 3.05) is 37.4 Å². The fourth-order valence-electron chi connectivity index (χ4n) is 5.65. The van der Waals surface area contributed by atoms with Gasteiger partial charge in [-0.15, -0.1) is 0 Å². The fourth-order valence-corrected chi connectivity index (χ4v) is 5.65. The third kappa shape index (κ3) is 4.68. The van der Waals surface area contributed by atoms with Gasteiger partial charge in [-0.3, -0.25) is 14.4 Å². The summed E-state index contributed by atoms with van der Waals surface area (Å²) in [5, 5.41) is 21.4. The van der Waals surface area contributed by atoms with E-state index in [1.165, 1.54) is 13.8 Å². The maximum Gasteiger partial charge on any atom is 0.221 e. The molecule has 2 aliphatic rings. The molecular weight excluding hydrogens is 528 g/mol. The minimum Gasteiger partial charge on any atom is -0.871 e. The van der Waals surface area contributed by atoms with E-state index in [-0.39, 0.29) is 23.0 Å². The Morgan fingerprint density at radius 1 is 0.881 bits per heavy atom. The minimum absolute atomic E-state index is 0.0169. The average molecular weight is 563 g/mol. The van der Waals surface area contributed by atoms with Gasteiger partial charge in [0.25, 0.3) is 0 Å². The van der Waals surface area contributed by atoms with Crippen molar-refractivity contribution in [3.05, 3.63) is 94.4 Å². The molecule has 8 nitrogen and oxygen atoms in total. The molecule has 0 aromatic heterocycles. The molecule has 5 rings (SSSR count). The Kier molecular flexibility index (Phi) is 7.56. The summed E-state index contributed by atoms with van der Waals surface area (Å²) in [6.07, 6.45) is 1.82. The van der Waals surface area contributed by atoms with Crippen molar-refractivity contribution in [1.82, 2.24) is 5.32 Å². The molecule has 0 aliphatic heterocycles. The Morgan fingerprint density at radius 2 is 1.50 bits per heavy atom. The summed E-state index contributed by atoms with van der Waals surface area (Å²) < 4.78 is 2.05. The molecule has 214 valence electrons. The molecule has 0 bridgehead atoms. The van der Waals surface area contributed by atoms with Gasteiger partial charge in [-0.2, -0.15) is 0 Å². The summed E-state index contributed by atoms with van der Waals surface area (Å²) in [5.41, 5.74) is 4.95. The summed E-state index contributed by atoms with van der Waals surface area (Å²) in [6.45, 7) is 8.28. The van der Waals surface area contributed by atoms with E-state index in [9.17, 15) is 19.5 Å². The normalized spacial score (nSPS) is 17.4. The number of carbonyl (C=O) groups excluding carboxylic acids is 3. The van der Waals surface area contributed by atoms with E-state index in [1.54, 1.807) is 0 Å². The summed E-state index contributed by atoms with van der Waals surface area (Å²) in [4.78, 5) is 40.8. The van der Waals surface area contributed by atoms with Crippen molar-refractivity contribution >= 4 is 56.6 Å². The van der Waals surface area contributed by atoms with Crippen LogP contribution in [-0.4, -0.2) is 55.1 Å². The molecule has 8 heteroatoms. The molecule has 3 aromatic rings. The first-order chi connectivity index (χ1) is 20.1. The zero-order valence-electron chi connectivity index (χ0n) is 24.7. The van der Waals surface area contributed by atoms with Crippen LogP contribution in [-0.2, 0) is 14.4 Å². The van der Waals surface area contributed by atoms with Gasteiger partial charge in [-0.1, -0.05) is 48.2 Å². The smallest absolute Gasteiger partial charge is 0.221 e. The van der Waals surface area contributed by atoms with Crippen LogP contribution in [0.1, 0.15) is 44.4 Å². The molecule has 0 saturated carbocycles. The molecule has 0 radical (unpaired) electrons. The number of amides is 2. The highest BCUT2D eigenvalue weighted by Crippen LogP contribution is 2.48. The lowest BCUT2D eigenvalue weighted by molar-refractivity contribution is -0.492. The Balaban J connectivity index is 1.83. The van der Waals surface area contributed by atoms with Crippen molar-refractivity contribution in [2.24, 2.45) is 0 Å². The lowest BCUT2D eigenvalue weighted by Gasteiger charge is -2.36. The lowest BCUT2D eigenvalue weighted by atomic mass is 9.74. The largest absolute Gasteiger partial charge is 0.871 e. The van der Waals surface area contributed by atoms with Crippen LogP contribution < -0.4 is 20.6 Å². The molecule has 2 amide bonds. The number of anilines is 2. The molecule has 0 fully saturated rings. The van der Waals surface area contributed by atoms with Crippen LogP contribution in [0.15, 0.2) is 77.7 Å². The molecule has 42 heavy (non-hydrogen) atoms. The maximum atomic E-state index is 14.1. The van der Waals surface area contributed by atoms with Gasteiger partial charge >= 0.3 is 0 Å². The van der Waals surface area contributed by atoms with E-state index in [0.29, 0.717) is 33.5 Å². The van der Waals surface area contributed by atoms with Gasteiger partial charge in [0.2, 0.25) is 17.5 Å². The van der Waals surface area contributed by atoms with Crippen LogP contribution in [0.25, 0.3) is 21.9 Å². The molecule has 0 atom stereocenters. The number of hydrogen-bond acceptors (Lipinski definition) is 5. The lowest BCUT2D eigenvalue weighted by Crippen LogP contribution is -2.35. The maximum absolute atomic E-state index is 14.1. The second-order valence-electron chi connectivity index (χ2n) is 10.5. The molecule has 2 aliphatic carbocycles. The number of nitrogens with one attached hydrogen (secondary N) is 2. The Bertz CT molecular complexity index is 1810. The van der Waals surface area contributed by atoms with Crippen LogP contribution in [0.2, 0.25) is 0 Å². The summed E-state index contributed by atoms with van der Waals surface area (Å²) in [6, 6.07) is 17.0. The number of Topliss-reactive ketones (excluding diaryl/α,β-unsaturated/α-hetero) is 1. The topological polar surface area (TPSA) is 105 Å². The zero-order chi connectivity index (χ0) is 30.3. The van der Waals surface area contributed by atoms with E-state index < -0.39 is 11.5 Å². The summed E-state index contributed by atoms with van der Waals surface area (Å²) >= 11 is 0. The first-order valence-corrected chi connectivity index (χ1v) is 14.0. The molecule has 0 spiro atoms.